The average molecular weight is 394 g/mol. The first-order valence-electron chi connectivity index (χ1n) is 9.90. The summed E-state index contributed by atoms with van der Waals surface area (Å²) in [5, 5.41) is 0. The van der Waals surface area contributed by atoms with Crippen LogP contribution in [0.15, 0.2) is 30.3 Å². The monoisotopic (exact) mass is 393 g/mol. The number of benzene rings is 1. The standard InChI is InChI=1S/C21H31N3O2.ClH/c1-21(22,18-10-3-2-4-11-18)20(26)24-13-7-12-23(14-15-24)19(25)16-17-8-5-6-9-17;/h2-4,10-11,17H,5-9,12-16,22H2,1H3;1H. The molecule has 2 N–H and O–H groups in total. The molecule has 1 aliphatic carbocycles. The van der Waals surface area contributed by atoms with E-state index in [4.69, 9.17) is 5.73 Å². The topological polar surface area (TPSA) is 66.6 Å². The molecule has 0 spiro atoms. The van der Waals surface area contributed by atoms with Gasteiger partial charge in [0.1, 0.15) is 5.54 Å². The highest BCUT2D eigenvalue weighted by Crippen LogP contribution is 2.28. The molecule has 1 unspecified atom stereocenters. The minimum Gasteiger partial charge on any atom is -0.341 e. The Labute approximate surface area is 168 Å². The van der Waals surface area contributed by atoms with Gasteiger partial charge in [-0.25, -0.2) is 0 Å². The number of nitrogens with zero attached hydrogens (tertiary/aromatic N) is 2. The van der Waals surface area contributed by atoms with E-state index >= 15 is 0 Å². The van der Waals surface area contributed by atoms with Gasteiger partial charge in [-0.3, -0.25) is 9.59 Å². The Bertz CT molecular complexity index is 630. The molecule has 27 heavy (non-hydrogen) atoms. The molecule has 150 valence electrons. The van der Waals surface area contributed by atoms with Gasteiger partial charge in [0.15, 0.2) is 0 Å². The van der Waals surface area contributed by atoms with Gasteiger partial charge >= 0.3 is 0 Å². The third kappa shape index (κ3) is 5.23. The third-order valence-electron chi connectivity index (χ3n) is 5.89. The van der Waals surface area contributed by atoms with E-state index in [0.717, 1.165) is 18.5 Å². The molecule has 6 heteroatoms. The van der Waals surface area contributed by atoms with E-state index in [-0.39, 0.29) is 24.2 Å². The van der Waals surface area contributed by atoms with Crippen molar-refractivity contribution >= 4 is 24.2 Å². The van der Waals surface area contributed by atoms with Gasteiger partial charge in [0.25, 0.3) is 0 Å². The van der Waals surface area contributed by atoms with Gasteiger partial charge in [0.05, 0.1) is 0 Å². The first-order valence-corrected chi connectivity index (χ1v) is 9.90. The molecule has 0 aromatic heterocycles. The molecular weight excluding hydrogens is 362 g/mol. The predicted octanol–water partition coefficient (Wildman–Crippen LogP) is 2.92. The highest BCUT2D eigenvalue weighted by atomic mass is 35.5. The van der Waals surface area contributed by atoms with Gasteiger partial charge in [-0.1, -0.05) is 43.2 Å². The molecule has 2 aliphatic rings. The van der Waals surface area contributed by atoms with Crippen molar-refractivity contribution in [1.29, 1.82) is 0 Å². The highest BCUT2D eigenvalue weighted by molar-refractivity contribution is 5.87. The predicted molar refractivity (Wildman–Crippen MR) is 110 cm³/mol. The lowest BCUT2D eigenvalue weighted by atomic mass is 9.91. The number of rotatable bonds is 4. The summed E-state index contributed by atoms with van der Waals surface area (Å²) < 4.78 is 0. The minimum absolute atomic E-state index is 0. The smallest absolute Gasteiger partial charge is 0.247 e. The van der Waals surface area contributed by atoms with Crippen LogP contribution in [0.25, 0.3) is 0 Å². The molecule has 1 atom stereocenters. The van der Waals surface area contributed by atoms with Crippen molar-refractivity contribution in [3.05, 3.63) is 35.9 Å². The molecule has 3 rings (SSSR count). The van der Waals surface area contributed by atoms with Gasteiger partial charge in [0.2, 0.25) is 11.8 Å². The zero-order valence-corrected chi connectivity index (χ0v) is 17.0. The summed E-state index contributed by atoms with van der Waals surface area (Å²) in [6.45, 7) is 4.35. The number of carbonyl (C=O) groups excluding carboxylic acids is 2. The van der Waals surface area contributed by atoms with E-state index in [1.165, 1.54) is 25.7 Å². The molecule has 5 nitrogen and oxygen atoms in total. The van der Waals surface area contributed by atoms with Crippen LogP contribution in [0.3, 0.4) is 0 Å². The van der Waals surface area contributed by atoms with Gasteiger partial charge in [0, 0.05) is 32.6 Å². The molecule has 1 saturated heterocycles. The van der Waals surface area contributed by atoms with Crippen molar-refractivity contribution < 1.29 is 9.59 Å². The second-order valence-corrected chi connectivity index (χ2v) is 7.95. The summed E-state index contributed by atoms with van der Waals surface area (Å²) in [5.74, 6) is 0.757. The van der Waals surface area contributed by atoms with Crippen molar-refractivity contribution in [2.24, 2.45) is 11.7 Å². The van der Waals surface area contributed by atoms with Gasteiger partial charge in [-0.15, -0.1) is 12.4 Å². The lowest BCUT2D eigenvalue weighted by Gasteiger charge is -2.31. The number of nitrogens with two attached hydrogens (primary N) is 1. The number of halogens is 1. The van der Waals surface area contributed by atoms with Gasteiger partial charge in [-0.2, -0.15) is 0 Å². The van der Waals surface area contributed by atoms with Crippen molar-refractivity contribution in [1.82, 2.24) is 9.80 Å². The van der Waals surface area contributed by atoms with Crippen LogP contribution in [-0.2, 0) is 15.1 Å². The molecule has 2 fully saturated rings. The Hall–Kier alpha value is -1.59. The Morgan fingerprint density at radius 1 is 1.00 bits per heavy atom. The SMILES string of the molecule is CC(N)(C(=O)N1CCCN(C(=O)CC2CCCC2)CC1)c1ccccc1.Cl. The van der Waals surface area contributed by atoms with Crippen LogP contribution in [0.5, 0.6) is 0 Å². The fraction of sp³-hybridized carbons (Fsp3) is 0.619. The summed E-state index contributed by atoms with van der Waals surface area (Å²) in [6, 6.07) is 9.52. The van der Waals surface area contributed by atoms with Crippen LogP contribution in [-0.4, -0.2) is 47.8 Å². The van der Waals surface area contributed by atoms with Crippen LogP contribution in [0.4, 0.5) is 0 Å². The van der Waals surface area contributed by atoms with Gasteiger partial charge in [-0.05, 0) is 37.7 Å². The van der Waals surface area contributed by atoms with E-state index in [2.05, 4.69) is 0 Å². The lowest BCUT2D eigenvalue weighted by molar-refractivity contribution is -0.137. The van der Waals surface area contributed by atoms with Crippen LogP contribution in [0.1, 0.15) is 51.0 Å². The average Bonchev–Trinajstić information content (AvgIpc) is 3.03. The number of hydrogen-bond acceptors (Lipinski definition) is 3. The van der Waals surface area contributed by atoms with Crippen molar-refractivity contribution in [3.63, 3.8) is 0 Å². The molecule has 0 radical (unpaired) electrons. The van der Waals surface area contributed by atoms with Crippen molar-refractivity contribution in [2.75, 3.05) is 26.2 Å². The third-order valence-corrected chi connectivity index (χ3v) is 5.89. The van der Waals surface area contributed by atoms with E-state index in [1.807, 2.05) is 40.1 Å². The Balaban J connectivity index is 0.00000261. The fourth-order valence-electron chi connectivity index (χ4n) is 4.20. The molecule has 1 heterocycles. The van der Waals surface area contributed by atoms with E-state index in [1.54, 1.807) is 6.92 Å². The van der Waals surface area contributed by atoms with E-state index in [9.17, 15) is 9.59 Å². The zero-order valence-electron chi connectivity index (χ0n) is 16.2. The van der Waals surface area contributed by atoms with Crippen molar-refractivity contribution in [2.45, 2.75) is 51.0 Å². The molecule has 1 aromatic rings. The first kappa shape index (κ1) is 21.7. The van der Waals surface area contributed by atoms with Crippen molar-refractivity contribution in [3.8, 4) is 0 Å². The molecule has 1 saturated carbocycles. The Morgan fingerprint density at radius 3 is 2.26 bits per heavy atom. The van der Waals surface area contributed by atoms with Crippen LogP contribution < -0.4 is 5.73 Å². The largest absolute Gasteiger partial charge is 0.341 e. The summed E-state index contributed by atoms with van der Waals surface area (Å²) >= 11 is 0. The first-order chi connectivity index (χ1) is 12.5. The van der Waals surface area contributed by atoms with Gasteiger partial charge < -0.3 is 15.5 Å². The highest BCUT2D eigenvalue weighted by Gasteiger charge is 2.35. The maximum Gasteiger partial charge on any atom is 0.247 e. The minimum atomic E-state index is -1.04. The second-order valence-electron chi connectivity index (χ2n) is 7.95. The Morgan fingerprint density at radius 2 is 1.59 bits per heavy atom. The normalized spacial score (nSPS) is 20.5. The maximum absolute atomic E-state index is 13.0. The second kappa shape index (κ2) is 9.56. The van der Waals surface area contributed by atoms with E-state index < -0.39 is 5.54 Å². The van der Waals surface area contributed by atoms with E-state index in [0.29, 0.717) is 32.0 Å². The molecule has 1 aliphatic heterocycles. The molecule has 1 aromatic carbocycles. The summed E-state index contributed by atoms with van der Waals surface area (Å²) in [5.41, 5.74) is 6.18. The van der Waals surface area contributed by atoms with Crippen LogP contribution in [0.2, 0.25) is 0 Å². The van der Waals surface area contributed by atoms with Crippen LogP contribution >= 0.6 is 12.4 Å². The molecular formula is C21H32ClN3O2. The molecule has 2 amide bonds. The molecule has 0 bridgehead atoms. The number of hydrogen-bond donors (Lipinski definition) is 1. The number of amides is 2. The fourth-order valence-corrected chi connectivity index (χ4v) is 4.20. The quantitative estimate of drug-likeness (QED) is 0.855. The summed E-state index contributed by atoms with van der Waals surface area (Å²) in [4.78, 5) is 29.4. The summed E-state index contributed by atoms with van der Waals surface area (Å²) in [7, 11) is 0. The summed E-state index contributed by atoms with van der Waals surface area (Å²) in [6.07, 6.45) is 6.38. The number of carbonyl (C=O) groups is 2. The zero-order chi connectivity index (χ0) is 18.6. The Kier molecular flexibility index (Phi) is 7.68. The maximum atomic E-state index is 13.0. The lowest BCUT2D eigenvalue weighted by Crippen LogP contribution is -2.51. The van der Waals surface area contributed by atoms with Crippen LogP contribution in [0, 0.1) is 5.92 Å².